The first-order valence-corrected chi connectivity index (χ1v) is 7.53. The van der Waals surface area contributed by atoms with Crippen molar-refractivity contribution in [2.45, 2.75) is 19.4 Å². The fourth-order valence-corrected chi connectivity index (χ4v) is 3.06. The zero-order chi connectivity index (χ0) is 13.9. The van der Waals surface area contributed by atoms with Gasteiger partial charge in [0.15, 0.2) is 0 Å². The first kappa shape index (κ1) is 13.5. The largest absolute Gasteiger partial charge is 0.344 e. The Morgan fingerprint density at radius 2 is 2.20 bits per heavy atom. The summed E-state index contributed by atoms with van der Waals surface area (Å²) in [4.78, 5) is 6.87. The van der Waals surface area contributed by atoms with Crippen molar-refractivity contribution in [2.75, 3.05) is 24.5 Å². The molecule has 1 N–H and O–H groups in total. The van der Waals surface area contributed by atoms with Crippen molar-refractivity contribution >= 4 is 16.7 Å². The minimum Gasteiger partial charge on any atom is -0.344 e. The Kier molecular flexibility index (Phi) is 3.93. The van der Waals surface area contributed by atoms with Crippen molar-refractivity contribution < 1.29 is 4.39 Å². The smallest absolute Gasteiger partial charge is 0.205 e. The standard InChI is InChI=1S/C14H17FN4S/c1-10-9-19(7-6-16-10)14-17-13(18-20-14)8-11-2-4-12(15)5-3-11/h2-5,10,16H,6-9H2,1H3. The number of nitrogens with one attached hydrogen (secondary N) is 1. The minimum absolute atomic E-state index is 0.213. The molecule has 0 amide bonds. The van der Waals surface area contributed by atoms with Crippen LogP contribution in [0.15, 0.2) is 24.3 Å². The Morgan fingerprint density at radius 3 is 2.95 bits per heavy atom. The topological polar surface area (TPSA) is 41.1 Å². The molecule has 6 heteroatoms. The molecule has 1 aliphatic heterocycles. The van der Waals surface area contributed by atoms with Gasteiger partial charge in [0.2, 0.25) is 5.13 Å². The fourth-order valence-electron chi connectivity index (χ4n) is 2.34. The predicted octanol–water partition coefficient (Wildman–Crippen LogP) is 2.07. The second-order valence-electron chi connectivity index (χ2n) is 5.10. The first-order chi connectivity index (χ1) is 9.70. The molecular formula is C14H17FN4S. The summed E-state index contributed by atoms with van der Waals surface area (Å²) in [5.41, 5.74) is 1.03. The molecule has 2 aromatic rings. The monoisotopic (exact) mass is 292 g/mol. The van der Waals surface area contributed by atoms with E-state index in [1.54, 1.807) is 12.1 Å². The second kappa shape index (κ2) is 5.85. The van der Waals surface area contributed by atoms with Gasteiger partial charge in [-0.15, -0.1) is 0 Å². The summed E-state index contributed by atoms with van der Waals surface area (Å²) in [6.07, 6.45) is 0.651. The summed E-state index contributed by atoms with van der Waals surface area (Å²) in [5.74, 6) is 0.596. The highest BCUT2D eigenvalue weighted by atomic mass is 32.1. The number of halogens is 1. The van der Waals surface area contributed by atoms with Crippen LogP contribution in [0.25, 0.3) is 0 Å². The quantitative estimate of drug-likeness (QED) is 0.940. The normalized spacial score (nSPS) is 19.3. The first-order valence-electron chi connectivity index (χ1n) is 6.76. The third-order valence-electron chi connectivity index (χ3n) is 3.37. The van der Waals surface area contributed by atoms with Gasteiger partial charge in [0.1, 0.15) is 11.6 Å². The Morgan fingerprint density at radius 1 is 1.40 bits per heavy atom. The van der Waals surface area contributed by atoms with Crippen molar-refractivity contribution in [3.8, 4) is 0 Å². The molecule has 3 rings (SSSR count). The highest BCUT2D eigenvalue weighted by molar-refractivity contribution is 7.09. The Hall–Kier alpha value is -1.53. The SMILES string of the molecule is CC1CN(c2nc(Cc3ccc(F)cc3)ns2)CCN1. The van der Waals surface area contributed by atoms with Crippen LogP contribution in [0.5, 0.6) is 0 Å². The molecule has 20 heavy (non-hydrogen) atoms. The molecule has 0 bridgehead atoms. The maximum Gasteiger partial charge on any atom is 0.205 e. The molecular weight excluding hydrogens is 275 g/mol. The summed E-state index contributed by atoms with van der Waals surface area (Å²) in [7, 11) is 0. The number of hydrogen-bond acceptors (Lipinski definition) is 5. The number of piperazine rings is 1. The van der Waals surface area contributed by atoms with Crippen molar-refractivity contribution in [1.82, 2.24) is 14.7 Å². The lowest BCUT2D eigenvalue weighted by atomic mass is 10.1. The van der Waals surface area contributed by atoms with Gasteiger partial charge in [0.25, 0.3) is 0 Å². The van der Waals surface area contributed by atoms with Gasteiger partial charge in [-0.3, -0.25) is 0 Å². The van der Waals surface area contributed by atoms with Crippen LogP contribution in [0.4, 0.5) is 9.52 Å². The highest BCUT2D eigenvalue weighted by Crippen LogP contribution is 2.20. The Labute approximate surface area is 121 Å². The van der Waals surface area contributed by atoms with Gasteiger partial charge in [-0.1, -0.05) is 12.1 Å². The van der Waals surface area contributed by atoms with E-state index in [-0.39, 0.29) is 5.82 Å². The van der Waals surface area contributed by atoms with Gasteiger partial charge in [0.05, 0.1) is 0 Å². The molecule has 1 fully saturated rings. The lowest BCUT2D eigenvalue weighted by molar-refractivity contribution is 0.484. The summed E-state index contributed by atoms with van der Waals surface area (Å²) in [6, 6.07) is 6.99. The van der Waals surface area contributed by atoms with Crippen molar-refractivity contribution in [3.05, 3.63) is 41.5 Å². The van der Waals surface area contributed by atoms with Gasteiger partial charge in [-0.2, -0.15) is 4.37 Å². The highest BCUT2D eigenvalue weighted by Gasteiger charge is 2.19. The van der Waals surface area contributed by atoms with Crippen LogP contribution in [0, 0.1) is 5.82 Å². The van der Waals surface area contributed by atoms with E-state index in [4.69, 9.17) is 0 Å². The van der Waals surface area contributed by atoms with Crippen LogP contribution in [0.3, 0.4) is 0 Å². The molecule has 1 aromatic heterocycles. The van der Waals surface area contributed by atoms with Crippen LogP contribution < -0.4 is 10.2 Å². The van der Waals surface area contributed by atoms with E-state index in [0.29, 0.717) is 12.5 Å². The third-order valence-corrected chi connectivity index (χ3v) is 4.19. The number of nitrogens with zero attached hydrogens (tertiary/aromatic N) is 3. The number of aromatic nitrogens is 2. The molecule has 106 valence electrons. The van der Waals surface area contributed by atoms with Gasteiger partial charge in [0, 0.05) is 43.6 Å². The van der Waals surface area contributed by atoms with Gasteiger partial charge in [-0.05, 0) is 24.6 Å². The molecule has 0 saturated carbocycles. The van der Waals surface area contributed by atoms with Crippen LogP contribution >= 0.6 is 11.5 Å². The lowest BCUT2D eigenvalue weighted by Crippen LogP contribution is -2.49. The summed E-state index contributed by atoms with van der Waals surface area (Å²) in [6.45, 7) is 5.08. The zero-order valence-electron chi connectivity index (χ0n) is 11.3. The Balaban J connectivity index is 1.68. The van der Waals surface area contributed by atoms with Gasteiger partial charge < -0.3 is 10.2 Å². The summed E-state index contributed by atoms with van der Waals surface area (Å²) >= 11 is 1.44. The van der Waals surface area contributed by atoms with Crippen LogP contribution in [0.2, 0.25) is 0 Å². The molecule has 1 atom stereocenters. The van der Waals surface area contributed by atoms with Crippen LogP contribution in [0.1, 0.15) is 18.3 Å². The average molecular weight is 292 g/mol. The van der Waals surface area contributed by atoms with Gasteiger partial charge in [-0.25, -0.2) is 9.37 Å². The van der Waals surface area contributed by atoms with Crippen LogP contribution in [-0.4, -0.2) is 35.0 Å². The predicted molar refractivity (Wildman–Crippen MR) is 78.8 cm³/mol. The van der Waals surface area contributed by atoms with Crippen LogP contribution in [-0.2, 0) is 6.42 Å². The molecule has 1 aromatic carbocycles. The van der Waals surface area contributed by atoms with E-state index < -0.39 is 0 Å². The molecule has 1 aliphatic rings. The molecule has 1 unspecified atom stereocenters. The molecule has 4 nitrogen and oxygen atoms in total. The van der Waals surface area contributed by atoms with Crippen molar-refractivity contribution in [1.29, 1.82) is 0 Å². The maximum absolute atomic E-state index is 12.9. The Bertz CT molecular complexity index is 569. The average Bonchev–Trinajstić information content (AvgIpc) is 2.90. The van der Waals surface area contributed by atoms with Crippen molar-refractivity contribution in [2.24, 2.45) is 0 Å². The number of benzene rings is 1. The fraction of sp³-hybridized carbons (Fsp3) is 0.429. The molecule has 0 aliphatic carbocycles. The summed E-state index contributed by atoms with van der Waals surface area (Å²) in [5, 5.41) is 4.39. The van der Waals surface area contributed by atoms with E-state index in [1.807, 2.05) is 0 Å². The van der Waals surface area contributed by atoms with E-state index in [9.17, 15) is 4.39 Å². The maximum atomic E-state index is 12.9. The molecule has 2 heterocycles. The number of anilines is 1. The third kappa shape index (κ3) is 3.13. The van der Waals surface area contributed by atoms with E-state index in [1.165, 1.54) is 23.7 Å². The molecule has 1 saturated heterocycles. The number of rotatable bonds is 3. The lowest BCUT2D eigenvalue weighted by Gasteiger charge is -2.31. The number of hydrogen-bond donors (Lipinski definition) is 1. The van der Waals surface area contributed by atoms with E-state index in [2.05, 4.69) is 26.5 Å². The second-order valence-corrected chi connectivity index (χ2v) is 5.83. The van der Waals surface area contributed by atoms with Gasteiger partial charge >= 0.3 is 0 Å². The van der Waals surface area contributed by atoms with E-state index in [0.717, 1.165) is 36.2 Å². The van der Waals surface area contributed by atoms with Crippen molar-refractivity contribution in [3.63, 3.8) is 0 Å². The van der Waals surface area contributed by atoms with E-state index >= 15 is 0 Å². The molecule has 0 spiro atoms. The minimum atomic E-state index is -0.213. The molecule has 0 radical (unpaired) electrons. The zero-order valence-corrected chi connectivity index (χ0v) is 12.2. The summed E-state index contributed by atoms with van der Waals surface area (Å²) < 4.78 is 17.3.